The summed E-state index contributed by atoms with van der Waals surface area (Å²) in [6, 6.07) is 10.1. The summed E-state index contributed by atoms with van der Waals surface area (Å²) in [7, 11) is 0. The van der Waals surface area contributed by atoms with E-state index in [1.807, 2.05) is 49.4 Å². The summed E-state index contributed by atoms with van der Waals surface area (Å²) < 4.78 is 0. The molecule has 2 aromatic heterocycles. The third kappa shape index (κ3) is 3.70. The number of allylic oxidation sites excluding steroid dienone is 2. The second-order valence-corrected chi connectivity index (χ2v) is 5.70. The van der Waals surface area contributed by atoms with E-state index in [0.717, 1.165) is 40.1 Å². The summed E-state index contributed by atoms with van der Waals surface area (Å²) in [6.45, 7) is 2.84. The topological polar surface area (TPSA) is 50.7 Å². The first-order valence-corrected chi connectivity index (χ1v) is 7.80. The Labute approximate surface area is 128 Å². The van der Waals surface area contributed by atoms with Crippen molar-refractivity contribution in [2.75, 3.05) is 6.54 Å². The Bertz CT molecular complexity index is 677. The Morgan fingerprint density at radius 2 is 2.14 bits per heavy atom. The van der Waals surface area contributed by atoms with Gasteiger partial charge in [-0.3, -0.25) is 4.98 Å². The van der Waals surface area contributed by atoms with Gasteiger partial charge in [0, 0.05) is 18.0 Å². The van der Waals surface area contributed by atoms with Crippen molar-refractivity contribution < 1.29 is 0 Å². The van der Waals surface area contributed by atoms with E-state index in [4.69, 9.17) is 0 Å². The maximum Gasteiger partial charge on any atom is 0.119 e. The summed E-state index contributed by atoms with van der Waals surface area (Å²) >= 11 is 1.65. The number of aromatic nitrogens is 3. The molecule has 0 spiro atoms. The van der Waals surface area contributed by atoms with Crippen molar-refractivity contribution >= 4 is 17.5 Å². The van der Waals surface area contributed by atoms with Crippen LogP contribution < -0.4 is 5.32 Å². The highest BCUT2D eigenvalue weighted by molar-refractivity contribution is 7.98. The van der Waals surface area contributed by atoms with Crippen molar-refractivity contribution in [2.45, 2.75) is 17.7 Å². The molecule has 2 aromatic rings. The number of hydrogen-bond acceptors (Lipinski definition) is 5. The SMILES string of the molecule is Cc1cccc(CSc2ccc(C3=CC=CCN3)nn2)n1. The number of nitrogens with one attached hydrogen (secondary N) is 1. The zero-order chi connectivity index (χ0) is 14.5. The summed E-state index contributed by atoms with van der Waals surface area (Å²) in [4.78, 5) is 4.48. The minimum atomic E-state index is 0.805. The Morgan fingerprint density at radius 3 is 2.86 bits per heavy atom. The van der Waals surface area contributed by atoms with Crippen LogP contribution in [-0.4, -0.2) is 21.7 Å². The number of nitrogens with zero attached hydrogens (tertiary/aromatic N) is 3. The standard InChI is InChI=1S/C16H16N4S/c1-12-5-4-6-13(18-12)11-21-16-9-8-15(19-20-16)14-7-2-3-10-17-14/h2-9,17H,10-11H2,1H3. The molecule has 5 heteroatoms. The van der Waals surface area contributed by atoms with Crippen LogP contribution in [0.1, 0.15) is 17.1 Å². The van der Waals surface area contributed by atoms with Crippen LogP contribution in [0, 0.1) is 6.92 Å². The molecule has 0 saturated heterocycles. The van der Waals surface area contributed by atoms with E-state index >= 15 is 0 Å². The highest BCUT2D eigenvalue weighted by Crippen LogP contribution is 2.20. The summed E-state index contributed by atoms with van der Waals surface area (Å²) in [5, 5.41) is 12.7. The zero-order valence-electron chi connectivity index (χ0n) is 11.8. The molecule has 0 aliphatic carbocycles. The molecule has 0 saturated carbocycles. The first-order chi connectivity index (χ1) is 10.3. The number of aryl methyl sites for hydroxylation is 1. The molecule has 3 heterocycles. The highest BCUT2D eigenvalue weighted by Gasteiger charge is 2.06. The van der Waals surface area contributed by atoms with Crippen molar-refractivity contribution in [2.24, 2.45) is 0 Å². The van der Waals surface area contributed by atoms with E-state index in [-0.39, 0.29) is 0 Å². The minimum Gasteiger partial charge on any atom is -0.380 e. The van der Waals surface area contributed by atoms with Gasteiger partial charge in [-0.05, 0) is 37.3 Å². The molecule has 0 atom stereocenters. The Kier molecular flexibility index (Phi) is 4.31. The second-order valence-electron chi connectivity index (χ2n) is 4.71. The molecule has 1 N–H and O–H groups in total. The fourth-order valence-electron chi connectivity index (χ4n) is 2.00. The summed E-state index contributed by atoms with van der Waals surface area (Å²) in [6.07, 6.45) is 6.10. The first-order valence-electron chi connectivity index (χ1n) is 6.81. The van der Waals surface area contributed by atoms with Crippen LogP contribution in [0.4, 0.5) is 0 Å². The maximum absolute atomic E-state index is 4.48. The van der Waals surface area contributed by atoms with Gasteiger partial charge in [0.15, 0.2) is 0 Å². The van der Waals surface area contributed by atoms with E-state index in [1.165, 1.54) is 0 Å². The molecule has 106 valence electrons. The smallest absolute Gasteiger partial charge is 0.119 e. The van der Waals surface area contributed by atoms with Gasteiger partial charge < -0.3 is 5.32 Å². The zero-order valence-corrected chi connectivity index (χ0v) is 12.6. The van der Waals surface area contributed by atoms with Crippen molar-refractivity contribution in [1.82, 2.24) is 20.5 Å². The Balaban J connectivity index is 1.64. The normalized spacial score (nSPS) is 13.7. The van der Waals surface area contributed by atoms with Gasteiger partial charge in [0.2, 0.25) is 0 Å². The number of dihydropyridines is 1. The largest absolute Gasteiger partial charge is 0.380 e. The molecule has 21 heavy (non-hydrogen) atoms. The lowest BCUT2D eigenvalue weighted by molar-refractivity contribution is 0.889. The van der Waals surface area contributed by atoms with Crippen molar-refractivity contribution in [3.63, 3.8) is 0 Å². The minimum absolute atomic E-state index is 0.805. The first kappa shape index (κ1) is 13.8. The molecular formula is C16H16N4S. The van der Waals surface area contributed by atoms with Crippen LogP contribution >= 0.6 is 11.8 Å². The van der Waals surface area contributed by atoms with E-state index in [9.17, 15) is 0 Å². The van der Waals surface area contributed by atoms with E-state index in [0.29, 0.717) is 0 Å². The predicted molar refractivity (Wildman–Crippen MR) is 85.7 cm³/mol. The summed E-state index contributed by atoms with van der Waals surface area (Å²) in [5.74, 6) is 0.805. The molecule has 0 aromatic carbocycles. The van der Waals surface area contributed by atoms with Gasteiger partial charge in [0.1, 0.15) is 10.7 Å². The number of pyridine rings is 1. The molecule has 3 rings (SSSR count). The number of thioether (sulfide) groups is 1. The van der Waals surface area contributed by atoms with Crippen LogP contribution in [0.2, 0.25) is 0 Å². The number of hydrogen-bond donors (Lipinski definition) is 1. The third-order valence-corrected chi connectivity index (χ3v) is 3.99. The van der Waals surface area contributed by atoms with E-state index < -0.39 is 0 Å². The molecule has 4 nitrogen and oxygen atoms in total. The van der Waals surface area contributed by atoms with Gasteiger partial charge in [-0.1, -0.05) is 30.0 Å². The van der Waals surface area contributed by atoms with Crippen molar-refractivity contribution in [3.05, 3.63) is 65.6 Å². The lowest BCUT2D eigenvalue weighted by Crippen LogP contribution is -2.15. The lowest BCUT2D eigenvalue weighted by atomic mass is 10.2. The van der Waals surface area contributed by atoms with Crippen molar-refractivity contribution in [3.8, 4) is 0 Å². The molecule has 0 radical (unpaired) electrons. The van der Waals surface area contributed by atoms with Gasteiger partial charge in [-0.2, -0.15) is 0 Å². The molecule has 0 bridgehead atoms. The maximum atomic E-state index is 4.48. The van der Waals surface area contributed by atoms with E-state index in [1.54, 1.807) is 11.8 Å². The van der Waals surface area contributed by atoms with Gasteiger partial charge in [-0.25, -0.2) is 0 Å². The lowest BCUT2D eigenvalue weighted by Gasteiger charge is -2.10. The third-order valence-electron chi connectivity index (χ3n) is 3.04. The molecular weight excluding hydrogens is 280 g/mol. The molecule has 1 aliphatic rings. The quantitative estimate of drug-likeness (QED) is 0.879. The average Bonchev–Trinajstić information content (AvgIpc) is 2.54. The fraction of sp³-hybridized carbons (Fsp3) is 0.188. The van der Waals surface area contributed by atoms with Crippen LogP contribution in [0.15, 0.2) is 53.6 Å². The molecule has 0 amide bonds. The van der Waals surface area contributed by atoms with Gasteiger partial charge >= 0.3 is 0 Å². The predicted octanol–water partition coefficient (Wildman–Crippen LogP) is 2.97. The van der Waals surface area contributed by atoms with Gasteiger partial charge in [0.25, 0.3) is 0 Å². The molecule has 0 fully saturated rings. The Morgan fingerprint density at radius 1 is 1.19 bits per heavy atom. The van der Waals surface area contributed by atoms with Gasteiger partial charge in [-0.15, -0.1) is 10.2 Å². The average molecular weight is 296 g/mol. The molecule has 0 unspecified atom stereocenters. The fourth-order valence-corrected chi connectivity index (χ4v) is 2.72. The van der Waals surface area contributed by atoms with E-state index in [2.05, 4.69) is 26.6 Å². The van der Waals surface area contributed by atoms with Crippen LogP contribution in [0.5, 0.6) is 0 Å². The molecule has 1 aliphatic heterocycles. The van der Waals surface area contributed by atoms with Crippen LogP contribution in [0.25, 0.3) is 5.70 Å². The highest BCUT2D eigenvalue weighted by atomic mass is 32.2. The monoisotopic (exact) mass is 296 g/mol. The van der Waals surface area contributed by atoms with Crippen LogP contribution in [-0.2, 0) is 5.75 Å². The summed E-state index contributed by atoms with van der Waals surface area (Å²) in [5.41, 5.74) is 3.99. The number of rotatable bonds is 4. The Hall–Kier alpha value is -2.14. The van der Waals surface area contributed by atoms with Crippen LogP contribution in [0.3, 0.4) is 0 Å². The van der Waals surface area contributed by atoms with Crippen molar-refractivity contribution in [1.29, 1.82) is 0 Å². The second kappa shape index (κ2) is 6.54. The van der Waals surface area contributed by atoms with Gasteiger partial charge in [0.05, 0.1) is 11.4 Å².